The number of aliphatic hydroxyl groups is 1. The van der Waals surface area contributed by atoms with Gasteiger partial charge in [-0.15, -0.1) is 0 Å². The standard InChI is InChI=1S/C31H43N5O13/c1-5-48-30(45)26-25(49-26)21(38)15-36(31(46)47)35-29(44)24(17(4)37)34-27(42)19(11-12-23(40)41)33-28(43)20(13-16(2)3)32-22(39)14-18-9-7-6-8-10-18/h6-10,16-17,19-20,24-26,37H,5,11-15H2,1-4H3,(H,32,39)(H,33,43)(H,34,42)(H,35,44)(H,40,41)(H,46,47)/t17-,19-,20-,24-,25?,26?/m0/s1. The van der Waals surface area contributed by atoms with Gasteiger partial charge in [-0.05, 0) is 38.2 Å². The first-order valence-corrected chi connectivity index (χ1v) is 15.5. The first-order chi connectivity index (χ1) is 23.0. The Morgan fingerprint density at radius 3 is 2.06 bits per heavy atom. The van der Waals surface area contributed by atoms with Crippen molar-refractivity contribution in [2.45, 2.75) is 89.8 Å². The van der Waals surface area contributed by atoms with Crippen molar-refractivity contribution in [1.82, 2.24) is 26.4 Å². The van der Waals surface area contributed by atoms with Crippen LogP contribution >= 0.6 is 0 Å². The third-order valence-electron chi connectivity index (χ3n) is 7.03. The maximum Gasteiger partial charge on any atom is 0.426 e. The van der Waals surface area contributed by atoms with Gasteiger partial charge < -0.3 is 40.7 Å². The Kier molecular flexibility index (Phi) is 15.6. The highest BCUT2D eigenvalue weighted by Crippen LogP contribution is 2.24. The number of aliphatic hydroxyl groups excluding tert-OH is 1. The van der Waals surface area contributed by atoms with Crippen molar-refractivity contribution in [3.8, 4) is 0 Å². The summed E-state index contributed by atoms with van der Waals surface area (Å²) in [6.07, 6.45) is -6.90. The summed E-state index contributed by atoms with van der Waals surface area (Å²) < 4.78 is 9.69. The number of aliphatic carboxylic acids is 1. The van der Waals surface area contributed by atoms with Gasteiger partial charge in [0.15, 0.2) is 18.0 Å². The van der Waals surface area contributed by atoms with E-state index in [1.807, 2.05) is 5.43 Å². The molecule has 270 valence electrons. The molecule has 18 nitrogen and oxygen atoms in total. The summed E-state index contributed by atoms with van der Waals surface area (Å²) in [5.41, 5.74) is 2.59. The zero-order chi connectivity index (χ0) is 36.8. The summed E-state index contributed by atoms with van der Waals surface area (Å²) >= 11 is 0. The molecule has 1 aromatic carbocycles. The van der Waals surface area contributed by atoms with E-state index in [0.717, 1.165) is 6.92 Å². The number of esters is 1. The largest absolute Gasteiger partial charge is 0.481 e. The molecule has 0 radical (unpaired) electrons. The van der Waals surface area contributed by atoms with Crippen molar-refractivity contribution in [1.29, 1.82) is 0 Å². The van der Waals surface area contributed by atoms with Gasteiger partial charge in [-0.2, -0.15) is 0 Å². The minimum Gasteiger partial charge on any atom is -0.481 e. The molecule has 0 spiro atoms. The minimum absolute atomic E-state index is 0.0219. The summed E-state index contributed by atoms with van der Waals surface area (Å²) in [4.78, 5) is 99.8. The topological polar surface area (TPSA) is 270 Å². The molecule has 6 atom stereocenters. The first-order valence-electron chi connectivity index (χ1n) is 15.5. The second-order valence-corrected chi connectivity index (χ2v) is 11.7. The molecular weight excluding hydrogens is 650 g/mol. The molecule has 2 rings (SSSR count). The van der Waals surface area contributed by atoms with E-state index in [4.69, 9.17) is 9.47 Å². The van der Waals surface area contributed by atoms with Crippen LogP contribution in [0.4, 0.5) is 4.79 Å². The van der Waals surface area contributed by atoms with Gasteiger partial charge in [0, 0.05) is 6.42 Å². The summed E-state index contributed by atoms with van der Waals surface area (Å²) in [5, 5.41) is 36.5. The number of carbonyl (C=O) groups is 8. The molecule has 1 aliphatic heterocycles. The first kappa shape index (κ1) is 40.1. The van der Waals surface area contributed by atoms with E-state index in [9.17, 15) is 53.7 Å². The lowest BCUT2D eigenvalue weighted by Gasteiger charge is -2.28. The molecule has 18 heteroatoms. The quantitative estimate of drug-likeness (QED) is 0.0515. The normalized spacial score (nSPS) is 17.3. The average Bonchev–Trinajstić information content (AvgIpc) is 3.82. The summed E-state index contributed by atoms with van der Waals surface area (Å²) in [7, 11) is 0. The zero-order valence-corrected chi connectivity index (χ0v) is 27.5. The van der Waals surface area contributed by atoms with Gasteiger partial charge in [0.25, 0.3) is 5.91 Å². The lowest BCUT2D eigenvalue weighted by molar-refractivity contribution is -0.144. The van der Waals surface area contributed by atoms with Crippen LogP contribution in [0.25, 0.3) is 0 Å². The van der Waals surface area contributed by atoms with E-state index in [1.165, 1.54) is 6.92 Å². The molecule has 0 aliphatic carbocycles. The third-order valence-corrected chi connectivity index (χ3v) is 7.03. The fraction of sp³-hybridized carbons (Fsp3) is 0.548. The van der Waals surface area contributed by atoms with Gasteiger partial charge in [0.2, 0.25) is 17.7 Å². The van der Waals surface area contributed by atoms with Crippen LogP contribution in [0.1, 0.15) is 52.5 Å². The summed E-state index contributed by atoms with van der Waals surface area (Å²) in [6, 6.07) is 4.20. The number of epoxide rings is 1. The van der Waals surface area contributed by atoms with E-state index in [-0.39, 0.29) is 30.4 Å². The number of rotatable bonds is 19. The van der Waals surface area contributed by atoms with Crippen LogP contribution in [-0.4, -0.2) is 117 Å². The number of ketones is 1. The maximum atomic E-state index is 13.3. The fourth-order valence-corrected chi connectivity index (χ4v) is 4.56. The van der Waals surface area contributed by atoms with Crippen molar-refractivity contribution in [3.05, 3.63) is 35.9 Å². The molecule has 5 amide bonds. The highest BCUT2D eigenvalue weighted by Gasteiger charge is 2.51. The number of ether oxygens (including phenoxy) is 2. The Balaban J connectivity index is 2.15. The number of carboxylic acids is 1. The molecule has 49 heavy (non-hydrogen) atoms. The zero-order valence-electron chi connectivity index (χ0n) is 27.5. The fourth-order valence-electron chi connectivity index (χ4n) is 4.56. The number of carbonyl (C=O) groups excluding carboxylic acids is 6. The van der Waals surface area contributed by atoms with Crippen LogP contribution in [-0.2, 0) is 49.5 Å². The Bertz CT molecular complexity index is 1370. The van der Waals surface area contributed by atoms with Crippen LogP contribution in [0.5, 0.6) is 0 Å². The number of nitrogens with one attached hydrogen (secondary N) is 4. The van der Waals surface area contributed by atoms with E-state index < -0.39 is 103 Å². The molecule has 1 aliphatic rings. The number of amides is 5. The molecule has 0 aromatic heterocycles. The average molecular weight is 694 g/mol. The number of hydrazine groups is 1. The molecule has 1 saturated heterocycles. The Morgan fingerprint density at radius 2 is 1.51 bits per heavy atom. The van der Waals surface area contributed by atoms with Crippen molar-refractivity contribution in [3.63, 3.8) is 0 Å². The van der Waals surface area contributed by atoms with Crippen molar-refractivity contribution in [2.24, 2.45) is 5.92 Å². The van der Waals surface area contributed by atoms with E-state index in [2.05, 4.69) is 16.0 Å². The molecular formula is C31H43N5O13. The number of carboxylic acid groups (broad SMARTS) is 2. The molecule has 2 unspecified atom stereocenters. The number of benzene rings is 1. The Morgan fingerprint density at radius 1 is 0.878 bits per heavy atom. The third kappa shape index (κ3) is 13.5. The van der Waals surface area contributed by atoms with Crippen LogP contribution in [0.15, 0.2) is 30.3 Å². The number of hydrogen-bond acceptors (Lipinski definition) is 11. The molecule has 7 N–H and O–H groups in total. The minimum atomic E-state index is -1.85. The van der Waals surface area contributed by atoms with Gasteiger partial charge in [-0.25, -0.2) is 14.6 Å². The summed E-state index contributed by atoms with van der Waals surface area (Å²) in [6.45, 7) is 5.29. The molecule has 1 fully saturated rings. The molecule has 0 saturated carbocycles. The van der Waals surface area contributed by atoms with Crippen LogP contribution in [0.2, 0.25) is 0 Å². The highest BCUT2D eigenvalue weighted by atomic mass is 16.6. The SMILES string of the molecule is CCOC(=O)C1OC1C(=O)CN(NC(=O)[C@@H](NC(=O)[C@H](CCC(=O)O)NC(=O)[C@H](CC(C)C)NC(=O)Cc1ccccc1)[C@H](C)O)C(=O)O. The van der Waals surface area contributed by atoms with Gasteiger partial charge in [-0.3, -0.25) is 34.2 Å². The monoisotopic (exact) mass is 693 g/mol. The lowest BCUT2D eigenvalue weighted by Crippen LogP contribution is -2.61. The Labute approximate surface area is 281 Å². The van der Waals surface area contributed by atoms with Crippen molar-refractivity contribution >= 4 is 47.4 Å². The second-order valence-electron chi connectivity index (χ2n) is 11.7. The van der Waals surface area contributed by atoms with Gasteiger partial charge in [0.1, 0.15) is 24.7 Å². The van der Waals surface area contributed by atoms with Gasteiger partial charge in [-0.1, -0.05) is 44.2 Å². The van der Waals surface area contributed by atoms with E-state index >= 15 is 0 Å². The number of hydrogen-bond donors (Lipinski definition) is 7. The smallest absolute Gasteiger partial charge is 0.426 e. The van der Waals surface area contributed by atoms with Crippen molar-refractivity contribution in [2.75, 3.05) is 13.2 Å². The van der Waals surface area contributed by atoms with Crippen molar-refractivity contribution < 1.29 is 63.1 Å². The maximum absolute atomic E-state index is 13.3. The predicted molar refractivity (Wildman–Crippen MR) is 167 cm³/mol. The molecule has 0 bridgehead atoms. The van der Waals surface area contributed by atoms with E-state index in [0.29, 0.717) is 5.56 Å². The predicted octanol–water partition coefficient (Wildman–Crippen LogP) is -1.11. The van der Waals surface area contributed by atoms with Gasteiger partial charge in [0.05, 0.1) is 19.1 Å². The lowest BCUT2D eigenvalue weighted by atomic mass is 10.0. The van der Waals surface area contributed by atoms with Crippen LogP contribution < -0.4 is 21.4 Å². The molecule has 1 heterocycles. The second kappa shape index (κ2) is 19.0. The number of nitrogens with zero attached hydrogens (tertiary/aromatic N) is 1. The Hall–Kier alpha value is -5.10. The highest BCUT2D eigenvalue weighted by molar-refractivity contribution is 5.97. The molecule has 1 aromatic rings. The summed E-state index contributed by atoms with van der Waals surface area (Å²) in [5.74, 6) is -6.78. The van der Waals surface area contributed by atoms with Crippen LogP contribution in [0, 0.1) is 5.92 Å². The van der Waals surface area contributed by atoms with Crippen LogP contribution in [0.3, 0.4) is 0 Å². The number of Topliss-reactive ketones (excluding diaryl/α,β-unsaturated/α-hetero) is 1. The van der Waals surface area contributed by atoms with E-state index in [1.54, 1.807) is 44.2 Å². The van der Waals surface area contributed by atoms with Gasteiger partial charge >= 0.3 is 18.0 Å².